The van der Waals surface area contributed by atoms with Crippen LogP contribution in [0, 0.1) is 11.8 Å². The summed E-state index contributed by atoms with van der Waals surface area (Å²) in [6.07, 6.45) is 4.81. The summed E-state index contributed by atoms with van der Waals surface area (Å²) in [5, 5.41) is 0. The Hall–Kier alpha value is -1.75. The molecule has 1 atom stereocenters. The van der Waals surface area contributed by atoms with Gasteiger partial charge < -0.3 is 9.80 Å². The van der Waals surface area contributed by atoms with E-state index in [0.717, 1.165) is 11.3 Å². The van der Waals surface area contributed by atoms with Crippen molar-refractivity contribution in [1.82, 2.24) is 19.2 Å². The van der Waals surface area contributed by atoms with Crippen molar-refractivity contribution in [3.8, 4) is 0 Å². The second-order valence-electron chi connectivity index (χ2n) is 7.95. The van der Waals surface area contributed by atoms with E-state index < -0.39 is 10.0 Å². The Morgan fingerprint density at radius 2 is 1.74 bits per heavy atom. The number of nitrogens with zero attached hydrogens (tertiary/aromatic N) is 5. The Morgan fingerprint density at radius 3 is 2.32 bits per heavy atom. The van der Waals surface area contributed by atoms with Gasteiger partial charge in [0.2, 0.25) is 11.9 Å². The SMILES string of the molecule is C[C@H](C(=O)N1CCN(c2ncccn2)CC1)C1CCN(S(=O)(=O)c2ccc(Cl)s2)CC1. The molecule has 2 saturated heterocycles. The van der Waals surface area contributed by atoms with Gasteiger partial charge in [-0.05, 0) is 37.0 Å². The fourth-order valence-corrected chi connectivity index (χ4v) is 7.36. The first-order valence-electron chi connectivity index (χ1n) is 10.4. The third kappa shape index (κ3) is 4.87. The van der Waals surface area contributed by atoms with Gasteiger partial charge in [0.25, 0.3) is 10.0 Å². The molecule has 8 nitrogen and oxygen atoms in total. The summed E-state index contributed by atoms with van der Waals surface area (Å²) in [7, 11) is -3.51. The van der Waals surface area contributed by atoms with Crippen molar-refractivity contribution in [2.45, 2.75) is 24.0 Å². The van der Waals surface area contributed by atoms with Crippen molar-refractivity contribution in [3.05, 3.63) is 34.9 Å². The van der Waals surface area contributed by atoms with Crippen LogP contribution in [0.3, 0.4) is 0 Å². The molecular formula is C20H26ClN5O3S2. The molecule has 2 fully saturated rings. The second kappa shape index (κ2) is 9.40. The molecule has 0 bridgehead atoms. The number of anilines is 1. The number of sulfonamides is 1. The highest BCUT2D eigenvalue weighted by atomic mass is 35.5. The van der Waals surface area contributed by atoms with Crippen molar-refractivity contribution in [2.75, 3.05) is 44.2 Å². The first kappa shape index (κ1) is 22.4. The number of halogens is 1. The second-order valence-corrected chi connectivity index (χ2v) is 11.8. The van der Waals surface area contributed by atoms with Crippen molar-refractivity contribution >= 4 is 44.8 Å². The number of hydrogen-bond donors (Lipinski definition) is 0. The van der Waals surface area contributed by atoms with E-state index in [2.05, 4.69) is 14.9 Å². The molecule has 4 rings (SSSR count). The standard InChI is InChI=1S/C20H26ClN5O3S2/c1-15(19(27)24-11-13-25(14-12-24)20-22-7-2-8-23-20)16-5-9-26(10-6-16)31(28,29)18-4-3-17(21)30-18/h2-4,7-8,15-16H,5-6,9-14H2,1H3/t15-/m0/s1. The molecule has 31 heavy (non-hydrogen) atoms. The Morgan fingerprint density at radius 1 is 1.10 bits per heavy atom. The third-order valence-corrected chi connectivity index (χ3v) is 9.76. The first-order valence-corrected chi connectivity index (χ1v) is 13.1. The van der Waals surface area contributed by atoms with E-state index >= 15 is 0 Å². The van der Waals surface area contributed by atoms with Crippen LogP contribution < -0.4 is 4.90 Å². The van der Waals surface area contributed by atoms with Crippen LogP contribution in [0.15, 0.2) is 34.8 Å². The number of piperidine rings is 1. The van der Waals surface area contributed by atoms with Gasteiger partial charge in [0, 0.05) is 57.6 Å². The highest BCUT2D eigenvalue weighted by Crippen LogP contribution is 2.33. The Balaban J connectivity index is 1.30. The lowest BCUT2D eigenvalue weighted by Gasteiger charge is -2.38. The fourth-order valence-electron chi connectivity index (χ4n) is 4.25. The summed E-state index contributed by atoms with van der Waals surface area (Å²) in [6.45, 7) is 5.55. The highest BCUT2D eigenvalue weighted by molar-refractivity contribution is 7.91. The molecule has 0 unspecified atom stereocenters. The summed E-state index contributed by atoms with van der Waals surface area (Å²) in [4.78, 5) is 25.6. The van der Waals surface area contributed by atoms with E-state index in [1.807, 2.05) is 11.8 Å². The number of carbonyl (C=O) groups excluding carboxylic acids is 1. The maximum atomic E-state index is 13.1. The first-order chi connectivity index (χ1) is 14.9. The molecule has 0 aliphatic carbocycles. The van der Waals surface area contributed by atoms with Crippen LogP contribution >= 0.6 is 22.9 Å². The predicted octanol–water partition coefficient (Wildman–Crippen LogP) is 2.58. The molecule has 1 amide bonds. The molecule has 11 heteroatoms. The molecule has 4 heterocycles. The molecule has 2 aliphatic rings. The lowest BCUT2D eigenvalue weighted by atomic mass is 9.85. The van der Waals surface area contributed by atoms with Crippen LogP contribution in [0.4, 0.5) is 5.95 Å². The van der Waals surface area contributed by atoms with Crippen molar-refractivity contribution in [1.29, 1.82) is 0 Å². The molecule has 0 spiro atoms. The Kier molecular flexibility index (Phi) is 6.80. The maximum absolute atomic E-state index is 13.1. The van der Waals surface area contributed by atoms with Crippen LogP contribution in [0.5, 0.6) is 0 Å². The van der Waals surface area contributed by atoms with Crippen LogP contribution in [0.25, 0.3) is 0 Å². The average Bonchev–Trinajstić information content (AvgIpc) is 3.26. The molecule has 0 radical (unpaired) electrons. The maximum Gasteiger partial charge on any atom is 0.252 e. The van der Waals surface area contributed by atoms with E-state index in [0.29, 0.717) is 62.4 Å². The zero-order valence-corrected chi connectivity index (χ0v) is 19.7. The van der Waals surface area contributed by atoms with Gasteiger partial charge in [-0.3, -0.25) is 4.79 Å². The van der Waals surface area contributed by atoms with E-state index in [-0.39, 0.29) is 22.0 Å². The Bertz CT molecular complexity index is 1000. The third-order valence-electron chi connectivity index (χ3n) is 6.16. The number of aromatic nitrogens is 2. The number of amides is 1. The normalized spacial score (nSPS) is 20.1. The lowest BCUT2D eigenvalue weighted by molar-refractivity contribution is -0.137. The van der Waals surface area contributed by atoms with E-state index in [1.54, 1.807) is 30.6 Å². The molecule has 2 aromatic heterocycles. The zero-order valence-electron chi connectivity index (χ0n) is 17.4. The highest BCUT2D eigenvalue weighted by Gasteiger charge is 2.36. The molecule has 0 N–H and O–H groups in total. The number of carbonyl (C=O) groups is 1. The van der Waals surface area contributed by atoms with Gasteiger partial charge in [0.15, 0.2) is 0 Å². The summed E-state index contributed by atoms with van der Waals surface area (Å²) in [5.74, 6) is 0.908. The van der Waals surface area contributed by atoms with Crippen molar-refractivity contribution in [3.63, 3.8) is 0 Å². The monoisotopic (exact) mass is 483 g/mol. The minimum Gasteiger partial charge on any atom is -0.339 e. The summed E-state index contributed by atoms with van der Waals surface area (Å²) in [6, 6.07) is 4.95. The molecule has 2 aliphatic heterocycles. The number of rotatable bonds is 5. The van der Waals surface area contributed by atoms with E-state index in [1.165, 1.54) is 4.31 Å². The van der Waals surface area contributed by atoms with Gasteiger partial charge in [0.05, 0.1) is 4.34 Å². The van der Waals surface area contributed by atoms with Gasteiger partial charge in [0.1, 0.15) is 4.21 Å². The van der Waals surface area contributed by atoms with Gasteiger partial charge in [-0.1, -0.05) is 18.5 Å². The Labute approximate surface area is 191 Å². The van der Waals surface area contributed by atoms with E-state index in [4.69, 9.17) is 11.6 Å². The van der Waals surface area contributed by atoms with Crippen molar-refractivity contribution in [2.24, 2.45) is 11.8 Å². The summed E-state index contributed by atoms with van der Waals surface area (Å²) >= 11 is 6.99. The topological polar surface area (TPSA) is 86.7 Å². The van der Waals surface area contributed by atoms with Crippen LogP contribution in [0.1, 0.15) is 19.8 Å². The average molecular weight is 484 g/mol. The van der Waals surface area contributed by atoms with Crippen LogP contribution in [-0.2, 0) is 14.8 Å². The summed E-state index contributed by atoms with van der Waals surface area (Å²) in [5.41, 5.74) is 0. The minimum absolute atomic E-state index is 0.124. The minimum atomic E-state index is -3.51. The van der Waals surface area contributed by atoms with Crippen LogP contribution in [0.2, 0.25) is 4.34 Å². The zero-order chi connectivity index (χ0) is 22.0. The van der Waals surface area contributed by atoms with Crippen LogP contribution in [-0.4, -0.2) is 72.8 Å². The van der Waals surface area contributed by atoms with Gasteiger partial charge in [-0.15, -0.1) is 11.3 Å². The molecule has 168 valence electrons. The summed E-state index contributed by atoms with van der Waals surface area (Å²) < 4.78 is 27.8. The van der Waals surface area contributed by atoms with Gasteiger partial charge >= 0.3 is 0 Å². The molecular weight excluding hydrogens is 458 g/mol. The fraction of sp³-hybridized carbons (Fsp3) is 0.550. The smallest absolute Gasteiger partial charge is 0.252 e. The van der Waals surface area contributed by atoms with Gasteiger partial charge in [-0.2, -0.15) is 4.31 Å². The van der Waals surface area contributed by atoms with Crippen molar-refractivity contribution < 1.29 is 13.2 Å². The lowest BCUT2D eigenvalue weighted by Crippen LogP contribution is -2.52. The predicted molar refractivity (Wildman–Crippen MR) is 121 cm³/mol. The molecule has 0 aromatic carbocycles. The quantitative estimate of drug-likeness (QED) is 0.649. The number of hydrogen-bond acceptors (Lipinski definition) is 7. The largest absolute Gasteiger partial charge is 0.339 e. The van der Waals surface area contributed by atoms with E-state index in [9.17, 15) is 13.2 Å². The number of piperazine rings is 1. The molecule has 2 aromatic rings. The van der Waals surface area contributed by atoms with Gasteiger partial charge in [-0.25, -0.2) is 18.4 Å². The molecule has 0 saturated carbocycles. The number of thiophene rings is 1.